The van der Waals surface area contributed by atoms with Crippen LogP contribution in [0.3, 0.4) is 0 Å². The van der Waals surface area contributed by atoms with Crippen LogP contribution >= 0.6 is 0 Å². The number of fused-ring (bicyclic) bond motifs is 2. The van der Waals surface area contributed by atoms with Crippen molar-refractivity contribution >= 4 is 43.7 Å². The summed E-state index contributed by atoms with van der Waals surface area (Å²) in [6.45, 7) is 1.80. The standard InChI is InChI=1S/C16H14F3N3O2S.C15H12F3N3O2S/c1-9-13(20-6-5-14(9)24-2)8-25(23)15-21-11-4-3-10(16(17,18)19)7-12(11)22-15;1-23-11-4-5-19-10(7-11)8-24(22)14-20-12-3-2-9(15(16,17)18)6-13(12)21-14/h3-7H,8H2,1-2H3,(H,21,22);2-7H,8H2,1H3,(H,20,21). The molecular formula is C31H26F6N6O4S2. The number of ether oxygens (including phenoxy) is 2. The molecule has 258 valence electrons. The van der Waals surface area contributed by atoms with Crippen molar-refractivity contribution < 1.29 is 44.2 Å². The Bertz CT molecular complexity index is 2170. The zero-order valence-electron chi connectivity index (χ0n) is 25.8. The summed E-state index contributed by atoms with van der Waals surface area (Å²) in [4.78, 5) is 21.9. The Balaban J connectivity index is 0.000000191. The molecule has 0 aliphatic carbocycles. The van der Waals surface area contributed by atoms with Crippen LogP contribution in [-0.4, -0.2) is 52.5 Å². The van der Waals surface area contributed by atoms with E-state index in [2.05, 4.69) is 29.9 Å². The van der Waals surface area contributed by atoms with Crippen molar-refractivity contribution in [2.45, 2.75) is 41.1 Å². The average Bonchev–Trinajstić information content (AvgIpc) is 3.69. The van der Waals surface area contributed by atoms with Gasteiger partial charge in [0, 0.05) is 24.0 Å². The molecular weight excluding hydrogens is 699 g/mol. The van der Waals surface area contributed by atoms with Crippen LogP contribution in [0.15, 0.2) is 77.3 Å². The lowest BCUT2D eigenvalue weighted by Crippen LogP contribution is -2.04. The van der Waals surface area contributed by atoms with Crippen LogP contribution in [0.1, 0.15) is 28.1 Å². The smallest absolute Gasteiger partial charge is 0.416 e. The van der Waals surface area contributed by atoms with Gasteiger partial charge >= 0.3 is 12.4 Å². The third kappa shape index (κ3) is 8.43. The summed E-state index contributed by atoms with van der Waals surface area (Å²) in [5.41, 5.74) is 1.32. The first-order chi connectivity index (χ1) is 23.2. The van der Waals surface area contributed by atoms with Crippen LogP contribution in [0.4, 0.5) is 26.3 Å². The number of rotatable bonds is 8. The van der Waals surface area contributed by atoms with Crippen LogP contribution in [0, 0.1) is 6.92 Å². The summed E-state index contributed by atoms with van der Waals surface area (Å²) in [6, 6.07) is 11.3. The fourth-order valence-electron chi connectivity index (χ4n) is 4.52. The number of alkyl halides is 6. The van der Waals surface area contributed by atoms with E-state index in [0.29, 0.717) is 33.9 Å². The van der Waals surface area contributed by atoms with E-state index in [-0.39, 0.29) is 32.9 Å². The number of nitrogens with one attached hydrogen (secondary N) is 2. The van der Waals surface area contributed by atoms with Gasteiger partial charge in [-0.25, -0.2) is 9.97 Å². The Morgan fingerprint density at radius 3 is 1.73 bits per heavy atom. The molecule has 49 heavy (non-hydrogen) atoms. The lowest BCUT2D eigenvalue weighted by molar-refractivity contribution is -0.138. The summed E-state index contributed by atoms with van der Waals surface area (Å²) in [6.07, 6.45) is -5.81. The third-order valence-electron chi connectivity index (χ3n) is 7.06. The molecule has 2 unspecified atom stereocenters. The first-order valence-corrected chi connectivity index (χ1v) is 16.7. The maximum atomic E-state index is 12.8. The fourth-order valence-corrected chi connectivity index (χ4v) is 6.61. The van der Waals surface area contributed by atoms with E-state index in [1.54, 1.807) is 31.3 Å². The topological polar surface area (TPSA) is 136 Å². The van der Waals surface area contributed by atoms with Crippen LogP contribution in [0.5, 0.6) is 11.5 Å². The first kappa shape index (κ1) is 35.5. The Kier molecular flexibility index (Phi) is 10.4. The van der Waals surface area contributed by atoms with Crippen molar-refractivity contribution in [1.29, 1.82) is 0 Å². The molecule has 0 aliphatic heterocycles. The predicted octanol–water partition coefficient (Wildman–Crippen LogP) is 6.89. The van der Waals surface area contributed by atoms with Gasteiger partial charge in [0.2, 0.25) is 0 Å². The maximum Gasteiger partial charge on any atom is 0.416 e. The Labute approximate surface area is 279 Å². The molecule has 0 fully saturated rings. The van der Waals surface area contributed by atoms with Gasteiger partial charge in [-0.05, 0) is 55.5 Å². The van der Waals surface area contributed by atoms with Crippen LogP contribution in [0.25, 0.3) is 22.1 Å². The molecule has 10 nitrogen and oxygen atoms in total. The van der Waals surface area contributed by atoms with Crippen molar-refractivity contribution in [3.63, 3.8) is 0 Å². The number of pyridine rings is 2. The SMILES string of the molecule is COc1ccnc(CS(=O)c2nc3ccc(C(F)(F)F)cc3[nH]2)c1.COc1ccnc(CS(=O)c2nc3ccc(C(F)(F)F)cc3[nH]2)c1C. The highest BCUT2D eigenvalue weighted by Crippen LogP contribution is 2.32. The summed E-state index contributed by atoms with van der Waals surface area (Å²) in [7, 11) is -0.117. The van der Waals surface area contributed by atoms with Gasteiger partial charge in [0.1, 0.15) is 11.5 Å². The molecule has 2 atom stereocenters. The van der Waals surface area contributed by atoms with E-state index in [1.807, 2.05) is 0 Å². The predicted molar refractivity (Wildman–Crippen MR) is 169 cm³/mol. The second-order valence-corrected chi connectivity index (χ2v) is 13.0. The molecule has 18 heteroatoms. The lowest BCUT2D eigenvalue weighted by Gasteiger charge is -2.08. The van der Waals surface area contributed by atoms with E-state index >= 15 is 0 Å². The molecule has 0 spiro atoms. The van der Waals surface area contributed by atoms with Crippen molar-refractivity contribution in [3.8, 4) is 11.5 Å². The maximum absolute atomic E-state index is 12.8. The molecule has 4 heterocycles. The molecule has 0 bridgehead atoms. The highest BCUT2D eigenvalue weighted by molar-refractivity contribution is 7.84. The fraction of sp³-hybridized carbons (Fsp3) is 0.226. The Morgan fingerprint density at radius 2 is 1.22 bits per heavy atom. The molecule has 2 N–H and O–H groups in total. The number of aromatic nitrogens is 6. The number of hydrogen-bond acceptors (Lipinski definition) is 8. The number of nitrogens with zero attached hydrogens (tertiary/aromatic N) is 4. The normalized spacial score (nSPS) is 13.2. The molecule has 0 radical (unpaired) electrons. The van der Waals surface area contributed by atoms with E-state index in [9.17, 15) is 34.8 Å². The summed E-state index contributed by atoms with van der Waals surface area (Å²) in [5.74, 6) is 1.36. The summed E-state index contributed by atoms with van der Waals surface area (Å²) in [5, 5.41) is 0.215. The molecule has 0 saturated heterocycles. The highest BCUT2D eigenvalue weighted by Gasteiger charge is 2.32. The van der Waals surface area contributed by atoms with E-state index in [1.165, 1.54) is 32.5 Å². The molecule has 2 aromatic carbocycles. The molecule has 0 aliphatic rings. The zero-order chi connectivity index (χ0) is 35.5. The number of benzene rings is 2. The monoisotopic (exact) mass is 724 g/mol. The molecule has 0 amide bonds. The number of imidazole rings is 2. The van der Waals surface area contributed by atoms with Crippen molar-refractivity contribution in [2.24, 2.45) is 0 Å². The van der Waals surface area contributed by atoms with Crippen molar-refractivity contribution in [3.05, 3.63) is 95.1 Å². The summed E-state index contributed by atoms with van der Waals surface area (Å²) >= 11 is 0. The van der Waals surface area contributed by atoms with Gasteiger partial charge in [-0.3, -0.25) is 18.4 Å². The molecule has 0 saturated carbocycles. The molecule has 6 aromatic rings. The number of halogens is 6. The summed E-state index contributed by atoms with van der Waals surface area (Å²) < 4.78 is 112. The Morgan fingerprint density at radius 1 is 0.694 bits per heavy atom. The van der Waals surface area contributed by atoms with E-state index < -0.39 is 45.1 Å². The number of methoxy groups -OCH3 is 2. The molecule has 4 aromatic heterocycles. The number of H-pyrrole nitrogens is 2. The van der Waals surface area contributed by atoms with E-state index in [0.717, 1.165) is 29.8 Å². The van der Waals surface area contributed by atoms with Gasteiger partial charge in [0.05, 0.1) is 91.9 Å². The van der Waals surface area contributed by atoms with Gasteiger partial charge in [-0.2, -0.15) is 26.3 Å². The highest BCUT2D eigenvalue weighted by atomic mass is 32.2. The minimum Gasteiger partial charge on any atom is -0.497 e. The minimum absolute atomic E-state index is 0.0726. The van der Waals surface area contributed by atoms with Gasteiger partial charge in [-0.15, -0.1) is 0 Å². The third-order valence-corrected chi connectivity index (χ3v) is 9.40. The van der Waals surface area contributed by atoms with Gasteiger partial charge < -0.3 is 19.4 Å². The number of aromatic amines is 2. The van der Waals surface area contributed by atoms with Gasteiger partial charge in [0.15, 0.2) is 10.3 Å². The van der Waals surface area contributed by atoms with Crippen LogP contribution in [0.2, 0.25) is 0 Å². The largest absolute Gasteiger partial charge is 0.497 e. The quantitative estimate of drug-likeness (QED) is 0.162. The second-order valence-electron chi connectivity index (χ2n) is 10.3. The second kappa shape index (κ2) is 14.3. The number of hydrogen-bond donors (Lipinski definition) is 2. The van der Waals surface area contributed by atoms with Crippen molar-refractivity contribution in [2.75, 3.05) is 14.2 Å². The molecule has 6 rings (SSSR count). The first-order valence-electron chi connectivity index (χ1n) is 14.0. The lowest BCUT2D eigenvalue weighted by atomic mass is 10.2. The Hall–Kier alpha value is -4.84. The minimum atomic E-state index is -4.44. The van der Waals surface area contributed by atoms with Crippen LogP contribution in [-0.2, 0) is 45.5 Å². The zero-order valence-corrected chi connectivity index (χ0v) is 27.4. The van der Waals surface area contributed by atoms with Crippen molar-refractivity contribution in [1.82, 2.24) is 29.9 Å². The van der Waals surface area contributed by atoms with Gasteiger partial charge in [0.25, 0.3) is 0 Å². The van der Waals surface area contributed by atoms with E-state index in [4.69, 9.17) is 9.47 Å². The average molecular weight is 725 g/mol. The van der Waals surface area contributed by atoms with Crippen LogP contribution < -0.4 is 9.47 Å². The van der Waals surface area contributed by atoms with Gasteiger partial charge in [-0.1, -0.05) is 0 Å².